The first-order valence-corrected chi connectivity index (χ1v) is 21.1. The molecular weight excluding hydrogens is 707 g/mol. The van der Waals surface area contributed by atoms with Crippen molar-refractivity contribution >= 4 is 29.4 Å². The van der Waals surface area contributed by atoms with Crippen molar-refractivity contribution in [1.82, 2.24) is 25.6 Å². The molecule has 2 aliphatic carbocycles. The zero-order valence-corrected chi connectivity index (χ0v) is 32.7. The summed E-state index contributed by atoms with van der Waals surface area (Å²) in [7, 11) is 0. The second kappa shape index (κ2) is 21.8. The van der Waals surface area contributed by atoms with Crippen LogP contribution in [-0.2, 0) is 9.59 Å². The third-order valence-corrected chi connectivity index (χ3v) is 12.1. The van der Waals surface area contributed by atoms with E-state index < -0.39 is 41.4 Å². The molecule has 5 rings (SSSR count). The van der Waals surface area contributed by atoms with Gasteiger partial charge in [0.25, 0.3) is 5.91 Å². The van der Waals surface area contributed by atoms with Gasteiger partial charge in [-0.15, -0.1) is 0 Å². The number of primary amides is 1. The minimum Gasteiger partial charge on any atom is -0.370 e. The SMILES string of the molecule is NC(=O)[C@H](CCCN=C(N)N)NC(=O)c1cc(F)c(F)cc1NC(=O)C1CCC(N2CCN(C3CCCCCCCC3)C2)N(C2CCCCCCCCC2)N1. The number of nitrogens with zero attached hydrogens (tertiary/aromatic N) is 4. The van der Waals surface area contributed by atoms with Gasteiger partial charge >= 0.3 is 0 Å². The minimum atomic E-state index is -1.26. The molecule has 2 unspecified atom stereocenters. The number of rotatable bonds is 12. The predicted molar refractivity (Wildman–Crippen MR) is 211 cm³/mol. The van der Waals surface area contributed by atoms with Gasteiger partial charge in [0, 0.05) is 37.8 Å². The molecule has 1 aromatic rings. The van der Waals surface area contributed by atoms with E-state index in [-0.39, 0.29) is 42.4 Å². The van der Waals surface area contributed by atoms with Crippen molar-refractivity contribution in [1.29, 1.82) is 0 Å². The van der Waals surface area contributed by atoms with E-state index in [9.17, 15) is 23.2 Å². The van der Waals surface area contributed by atoms with Gasteiger partial charge in [-0.05, 0) is 57.4 Å². The van der Waals surface area contributed by atoms with E-state index in [0.717, 1.165) is 64.0 Å². The molecule has 3 atom stereocenters. The zero-order valence-electron chi connectivity index (χ0n) is 32.7. The van der Waals surface area contributed by atoms with Gasteiger partial charge in [-0.1, -0.05) is 83.5 Å². The number of anilines is 1. The number of nitrogens with two attached hydrogens (primary N) is 3. The lowest BCUT2D eigenvalue weighted by Crippen LogP contribution is -2.65. The van der Waals surface area contributed by atoms with Gasteiger partial charge in [0.2, 0.25) is 11.8 Å². The summed E-state index contributed by atoms with van der Waals surface area (Å²) >= 11 is 0. The quantitative estimate of drug-likeness (QED) is 0.0986. The average molecular weight is 773 g/mol. The number of carbonyl (C=O) groups is 3. The van der Waals surface area contributed by atoms with Gasteiger partial charge in [-0.25, -0.2) is 19.2 Å². The summed E-state index contributed by atoms with van der Waals surface area (Å²) in [4.78, 5) is 48.8. The van der Waals surface area contributed by atoms with E-state index in [2.05, 4.69) is 35.9 Å². The number of guanidine groups is 1. The van der Waals surface area contributed by atoms with Crippen molar-refractivity contribution in [3.63, 3.8) is 0 Å². The molecule has 2 saturated carbocycles. The molecule has 0 spiro atoms. The first-order chi connectivity index (χ1) is 26.6. The third-order valence-electron chi connectivity index (χ3n) is 12.1. The smallest absolute Gasteiger partial charge is 0.254 e. The second-order valence-electron chi connectivity index (χ2n) is 16.1. The van der Waals surface area contributed by atoms with Gasteiger partial charge in [-0.2, -0.15) is 0 Å². The Bertz CT molecular complexity index is 1430. The van der Waals surface area contributed by atoms with Crippen LogP contribution in [0.25, 0.3) is 0 Å². The Morgan fingerprint density at radius 1 is 0.764 bits per heavy atom. The van der Waals surface area contributed by atoms with Gasteiger partial charge in [0.1, 0.15) is 12.1 Å². The highest BCUT2D eigenvalue weighted by Crippen LogP contribution is 2.31. The Labute approximate surface area is 325 Å². The van der Waals surface area contributed by atoms with Crippen LogP contribution >= 0.6 is 0 Å². The first kappa shape index (κ1) is 42.7. The van der Waals surface area contributed by atoms with Crippen LogP contribution in [0.3, 0.4) is 0 Å². The zero-order chi connectivity index (χ0) is 39.2. The van der Waals surface area contributed by atoms with Crippen LogP contribution in [0.15, 0.2) is 17.1 Å². The van der Waals surface area contributed by atoms with Crippen LogP contribution < -0.4 is 33.3 Å². The van der Waals surface area contributed by atoms with E-state index in [1.807, 2.05) is 0 Å². The van der Waals surface area contributed by atoms with Gasteiger partial charge < -0.3 is 27.8 Å². The van der Waals surface area contributed by atoms with Crippen molar-refractivity contribution in [2.75, 3.05) is 31.6 Å². The number of hydrogen-bond donors (Lipinski definition) is 6. The summed E-state index contributed by atoms with van der Waals surface area (Å²) in [5.74, 6) is -4.72. The highest BCUT2D eigenvalue weighted by Gasteiger charge is 2.41. The fourth-order valence-corrected chi connectivity index (χ4v) is 8.98. The largest absolute Gasteiger partial charge is 0.370 e. The molecule has 3 amide bonds. The summed E-state index contributed by atoms with van der Waals surface area (Å²) in [6.07, 6.45) is 22.9. The fraction of sp³-hybridized carbons (Fsp3) is 0.750. The molecule has 0 aromatic heterocycles. The number of nitrogens with one attached hydrogen (secondary N) is 3. The van der Waals surface area contributed by atoms with Crippen LogP contribution in [-0.4, -0.2) is 95.1 Å². The van der Waals surface area contributed by atoms with Crippen LogP contribution in [0, 0.1) is 11.6 Å². The van der Waals surface area contributed by atoms with Crippen molar-refractivity contribution in [2.45, 2.75) is 165 Å². The summed E-state index contributed by atoms with van der Waals surface area (Å²) < 4.78 is 29.2. The molecular formula is C40H66F2N10O3. The molecule has 2 heterocycles. The normalized spacial score (nSPS) is 24.2. The summed E-state index contributed by atoms with van der Waals surface area (Å²) in [5, 5.41) is 7.60. The van der Waals surface area contributed by atoms with Crippen LogP contribution in [0.4, 0.5) is 14.5 Å². The second-order valence-corrected chi connectivity index (χ2v) is 16.1. The summed E-state index contributed by atoms with van der Waals surface area (Å²) in [6, 6.07) is 0.620. The van der Waals surface area contributed by atoms with Crippen molar-refractivity contribution < 1.29 is 23.2 Å². The monoisotopic (exact) mass is 773 g/mol. The lowest BCUT2D eigenvalue weighted by molar-refractivity contribution is -0.127. The molecule has 4 fully saturated rings. The Morgan fingerprint density at radius 3 is 1.93 bits per heavy atom. The Morgan fingerprint density at radius 2 is 1.33 bits per heavy atom. The van der Waals surface area contributed by atoms with Crippen molar-refractivity contribution in [3.8, 4) is 0 Å². The topological polar surface area (TPSA) is 187 Å². The number of hydrazine groups is 1. The average Bonchev–Trinajstić information content (AvgIpc) is 3.70. The van der Waals surface area contributed by atoms with Crippen molar-refractivity contribution in [2.24, 2.45) is 22.2 Å². The standard InChI is InChI=1S/C40H66F2N10O3/c41-31-25-30(38(54)47-33(37(43)53)19-14-22-46-40(44)45)35(26-32(31)42)48-39(55)34-20-21-36(52(49-34)29-17-12-8-2-1-3-9-13-18-29)51-24-23-50(27-51)28-15-10-6-4-5-7-11-16-28/h25-26,28-29,33-34,36,49H,1-24,27H2,(H2,43,53)(H,47,54)(H,48,55)(H4,44,45,46)/t33-,34?,36?/m0/s1. The Hall–Kier alpha value is -3.40. The molecule has 15 heteroatoms. The van der Waals surface area contributed by atoms with Gasteiger partial charge in [-0.3, -0.25) is 29.2 Å². The molecule has 2 saturated heterocycles. The van der Waals surface area contributed by atoms with Crippen LogP contribution in [0.1, 0.15) is 145 Å². The maximum absolute atomic E-state index is 14.7. The highest BCUT2D eigenvalue weighted by molar-refractivity contribution is 6.06. The molecule has 0 bridgehead atoms. The molecule has 55 heavy (non-hydrogen) atoms. The summed E-state index contributed by atoms with van der Waals surface area (Å²) in [6.45, 7) is 3.16. The molecule has 308 valence electrons. The fourth-order valence-electron chi connectivity index (χ4n) is 8.98. The van der Waals surface area contributed by atoms with Gasteiger partial charge in [0.15, 0.2) is 17.6 Å². The van der Waals surface area contributed by atoms with Crippen molar-refractivity contribution in [3.05, 3.63) is 29.3 Å². The predicted octanol–water partition coefficient (Wildman–Crippen LogP) is 4.81. The first-order valence-electron chi connectivity index (χ1n) is 21.1. The lowest BCUT2D eigenvalue weighted by atomic mass is 9.95. The lowest BCUT2D eigenvalue weighted by Gasteiger charge is -2.48. The Kier molecular flexibility index (Phi) is 16.9. The number of aliphatic imine (C=N–C) groups is 1. The maximum atomic E-state index is 14.7. The molecule has 2 aliphatic heterocycles. The van der Waals surface area contributed by atoms with E-state index in [0.29, 0.717) is 18.9 Å². The third kappa shape index (κ3) is 12.8. The van der Waals surface area contributed by atoms with E-state index in [1.165, 1.54) is 83.5 Å². The van der Waals surface area contributed by atoms with E-state index >= 15 is 0 Å². The van der Waals surface area contributed by atoms with Gasteiger partial charge in [0.05, 0.1) is 24.1 Å². The van der Waals surface area contributed by atoms with E-state index in [4.69, 9.17) is 17.2 Å². The number of carbonyl (C=O) groups excluding carboxylic acids is 3. The Balaban J connectivity index is 1.30. The maximum Gasteiger partial charge on any atom is 0.254 e. The molecule has 9 N–H and O–H groups in total. The minimum absolute atomic E-state index is 0.109. The molecule has 4 aliphatic rings. The summed E-state index contributed by atoms with van der Waals surface area (Å²) in [5.41, 5.74) is 19.4. The molecule has 0 radical (unpaired) electrons. The molecule has 13 nitrogen and oxygen atoms in total. The van der Waals surface area contributed by atoms with Crippen LogP contribution in [0.5, 0.6) is 0 Å². The van der Waals surface area contributed by atoms with E-state index in [1.54, 1.807) is 0 Å². The number of hydrogen-bond acceptors (Lipinski definition) is 8. The highest BCUT2D eigenvalue weighted by atomic mass is 19.2. The molecule has 1 aromatic carbocycles. The number of benzene rings is 1. The number of halogens is 2. The number of amides is 3. The van der Waals surface area contributed by atoms with Crippen LogP contribution in [0.2, 0.25) is 0 Å².